The van der Waals surface area contributed by atoms with Crippen molar-refractivity contribution in [2.24, 2.45) is 0 Å². The van der Waals surface area contributed by atoms with Crippen molar-refractivity contribution >= 4 is 11.6 Å². The van der Waals surface area contributed by atoms with Crippen molar-refractivity contribution in [1.29, 1.82) is 0 Å². The topological polar surface area (TPSA) is 60.3 Å². The Labute approximate surface area is 168 Å². The minimum absolute atomic E-state index is 0.187. The molecular formula is C21H16F4N2O3. The fourth-order valence-electron chi connectivity index (χ4n) is 2.74. The van der Waals surface area contributed by atoms with Gasteiger partial charge in [0.1, 0.15) is 11.6 Å². The first-order valence-electron chi connectivity index (χ1n) is 8.85. The number of alkyl halides is 3. The third kappa shape index (κ3) is 5.05. The number of hydrogen-bond donors (Lipinski definition) is 1. The molecule has 156 valence electrons. The van der Waals surface area contributed by atoms with Gasteiger partial charge in [0.15, 0.2) is 0 Å². The first kappa shape index (κ1) is 21.1. The van der Waals surface area contributed by atoms with Crippen molar-refractivity contribution in [2.45, 2.75) is 19.7 Å². The number of aromatic nitrogens is 1. The second-order valence-electron chi connectivity index (χ2n) is 6.26. The molecule has 1 amide bonds. The lowest BCUT2D eigenvalue weighted by Crippen LogP contribution is -2.20. The molecular weight excluding hydrogens is 404 g/mol. The molecule has 3 rings (SSSR count). The number of carbonyl (C=O) groups is 1. The standard InChI is InChI=1S/C21H16F4N2O3/c1-2-19(28)26-18-11-20(29)27(12-17(18)13-3-5-14(22)6-4-13)15-7-9-16(10-8-15)30-21(23,24)25/h3-12H,2H2,1H3,(H,26,28). The number of amides is 1. The molecule has 0 spiro atoms. The number of anilines is 1. The van der Waals surface area contributed by atoms with Gasteiger partial charge in [0.2, 0.25) is 5.91 Å². The Balaban J connectivity index is 2.07. The molecule has 3 aromatic rings. The Kier molecular flexibility index (Phi) is 5.91. The van der Waals surface area contributed by atoms with E-state index >= 15 is 0 Å². The zero-order valence-electron chi connectivity index (χ0n) is 15.7. The second-order valence-corrected chi connectivity index (χ2v) is 6.26. The van der Waals surface area contributed by atoms with Gasteiger partial charge in [-0.15, -0.1) is 13.2 Å². The quantitative estimate of drug-likeness (QED) is 0.598. The molecule has 0 aliphatic heterocycles. The first-order chi connectivity index (χ1) is 14.2. The van der Waals surface area contributed by atoms with E-state index < -0.39 is 23.5 Å². The van der Waals surface area contributed by atoms with Crippen LogP contribution in [-0.2, 0) is 4.79 Å². The van der Waals surface area contributed by atoms with Gasteiger partial charge in [0.25, 0.3) is 5.56 Å². The van der Waals surface area contributed by atoms with Gasteiger partial charge >= 0.3 is 6.36 Å². The Hall–Kier alpha value is -3.62. The van der Waals surface area contributed by atoms with E-state index in [1.165, 1.54) is 53.2 Å². The summed E-state index contributed by atoms with van der Waals surface area (Å²) in [6.07, 6.45) is -3.21. The minimum Gasteiger partial charge on any atom is -0.406 e. The predicted molar refractivity (Wildman–Crippen MR) is 103 cm³/mol. The van der Waals surface area contributed by atoms with E-state index in [-0.39, 0.29) is 23.7 Å². The lowest BCUT2D eigenvalue weighted by Gasteiger charge is -2.15. The summed E-state index contributed by atoms with van der Waals surface area (Å²) in [7, 11) is 0. The summed E-state index contributed by atoms with van der Waals surface area (Å²) < 4.78 is 55.4. The number of nitrogens with one attached hydrogen (secondary N) is 1. The molecule has 1 N–H and O–H groups in total. The van der Waals surface area contributed by atoms with Gasteiger partial charge in [-0.2, -0.15) is 0 Å². The van der Waals surface area contributed by atoms with Crippen LogP contribution in [0.15, 0.2) is 65.6 Å². The number of halogens is 4. The van der Waals surface area contributed by atoms with E-state index in [2.05, 4.69) is 10.1 Å². The van der Waals surface area contributed by atoms with E-state index in [0.717, 1.165) is 12.1 Å². The number of ether oxygens (including phenoxy) is 1. The number of nitrogens with zero attached hydrogens (tertiary/aromatic N) is 1. The molecule has 0 atom stereocenters. The van der Waals surface area contributed by atoms with Crippen molar-refractivity contribution in [2.75, 3.05) is 5.32 Å². The monoisotopic (exact) mass is 420 g/mol. The van der Waals surface area contributed by atoms with Gasteiger partial charge in [-0.1, -0.05) is 19.1 Å². The van der Waals surface area contributed by atoms with Crippen molar-refractivity contribution in [3.05, 3.63) is 77.0 Å². The summed E-state index contributed by atoms with van der Waals surface area (Å²) >= 11 is 0. The largest absolute Gasteiger partial charge is 0.573 e. The van der Waals surface area contributed by atoms with Crippen molar-refractivity contribution in [3.8, 4) is 22.6 Å². The minimum atomic E-state index is -4.83. The Morgan fingerprint density at radius 3 is 2.27 bits per heavy atom. The van der Waals surface area contributed by atoms with Gasteiger partial charge in [-0.3, -0.25) is 14.2 Å². The average Bonchev–Trinajstić information content (AvgIpc) is 2.68. The first-order valence-corrected chi connectivity index (χ1v) is 8.85. The fourth-order valence-corrected chi connectivity index (χ4v) is 2.74. The fraction of sp³-hybridized carbons (Fsp3) is 0.143. The number of rotatable bonds is 5. The molecule has 0 radical (unpaired) electrons. The Bertz CT molecular complexity index is 1110. The lowest BCUT2D eigenvalue weighted by molar-refractivity contribution is -0.274. The van der Waals surface area contributed by atoms with E-state index in [1.54, 1.807) is 6.92 Å². The van der Waals surface area contributed by atoms with Crippen LogP contribution in [0.4, 0.5) is 23.2 Å². The molecule has 0 aliphatic carbocycles. The molecule has 1 heterocycles. The van der Waals surface area contributed by atoms with Gasteiger partial charge in [0, 0.05) is 29.9 Å². The van der Waals surface area contributed by atoms with Gasteiger partial charge in [0.05, 0.1) is 5.69 Å². The molecule has 0 saturated heterocycles. The molecule has 0 saturated carbocycles. The zero-order chi connectivity index (χ0) is 21.9. The summed E-state index contributed by atoms with van der Waals surface area (Å²) in [5, 5.41) is 2.64. The summed E-state index contributed by atoms with van der Waals surface area (Å²) in [5.41, 5.74) is 0.982. The highest BCUT2D eigenvalue weighted by Crippen LogP contribution is 2.29. The highest BCUT2D eigenvalue weighted by molar-refractivity contribution is 5.95. The summed E-state index contributed by atoms with van der Waals surface area (Å²) in [6.45, 7) is 1.65. The number of hydrogen-bond acceptors (Lipinski definition) is 3. The number of carbonyl (C=O) groups excluding carboxylic acids is 1. The van der Waals surface area contributed by atoms with Crippen molar-refractivity contribution in [1.82, 2.24) is 4.57 Å². The van der Waals surface area contributed by atoms with Crippen LogP contribution in [0.3, 0.4) is 0 Å². The second kappa shape index (κ2) is 8.40. The van der Waals surface area contributed by atoms with Gasteiger partial charge in [-0.25, -0.2) is 4.39 Å². The zero-order valence-corrected chi connectivity index (χ0v) is 15.7. The highest BCUT2D eigenvalue weighted by atomic mass is 19.4. The molecule has 5 nitrogen and oxygen atoms in total. The molecule has 9 heteroatoms. The SMILES string of the molecule is CCC(=O)Nc1cc(=O)n(-c2ccc(OC(F)(F)F)cc2)cc1-c1ccc(F)cc1. The maximum atomic E-state index is 13.3. The summed E-state index contributed by atoms with van der Waals surface area (Å²) in [4.78, 5) is 24.5. The molecule has 1 aromatic heterocycles. The van der Waals surface area contributed by atoms with Gasteiger partial charge in [-0.05, 0) is 42.0 Å². The third-order valence-electron chi connectivity index (χ3n) is 4.15. The molecule has 0 unspecified atom stereocenters. The third-order valence-corrected chi connectivity index (χ3v) is 4.15. The van der Waals surface area contributed by atoms with Crippen molar-refractivity contribution in [3.63, 3.8) is 0 Å². The molecule has 30 heavy (non-hydrogen) atoms. The Morgan fingerprint density at radius 1 is 1.07 bits per heavy atom. The maximum Gasteiger partial charge on any atom is 0.573 e. The summed E-state index contributed by atoms with van der Waals surface area (Å²) in [5.74, 6) is -1.19. The average molecular weight is 420 g/mol. The van der Waals surface area contributed by atoms with Crippen LogP contribution in [-0.4, -0.2) is 16.8 Å². The smallest absolute Gasteiger partial charge is 0.406 e. The van der Waals surface area contributed by atoms with Crippen LogP contribution in [0.25, 0.3) is 16.8 Å². The number of benzene rings is 2. The lowest BCUT2D eigenvalue weighted by atomic mass is 10.1. The molecule has 0 aliphatic rings. The molecule has 0 bridgehead atoms. The van der Waals surface area contributed by atoms with Crippen LogP contribution in [0.5, 0.6) is 5.75 Å². The van der Waals surface area contributed by atoms with E-state index in [4.69, 9.17) is 0 Å². The number of pyridine rings is 1. The van der Waals surface area contributed by atoms with Crippen LogP contribution < -0.4 is 15.6 Å². The predicted octanol–water partition coefficient (Wildman–Crippen LogP) is 4.89. The normalized spacial score (nSPS) is 11.2. The van der Waals surface area contributed by atoms with Crippen LogP contribution in [0.2, 0.25) is 0 Å². The summed E-state index contributed by atoms with van der Waals surface area (Å²) in [6, 6.07) is 11.4. The maximum absolute atomic E-state index is 13.3. The highest BCUT2D eigenvalue weighted by Gasteiger charge is 2.31. The van der Waals surface area contributed by atoms with E-state index in [9.17, 15) is 27.2 Å². The van der Waals surface area contributed by atoms with Crippen molar-refractivity contribution < 1.29 is 27.1 Å². The van der Waals surface area contributed by atoms with E-state index in [1.807, 2.05) is 0 Å². The molecule has 0 fully saturated rings. The van der Waals surface area contributed by atoms with Crippen LogP contribution >= 0.6 is 0 Å². The van der Waals surface area contributed by atoms with Gasteiger partial charge < -0.3 is 10.1 Å². The van der Waals surface area contributed by atoms with Crippen LogP contribution in [0, 0.1) is 5.82 Å². The van der Waals surface area contributed by atoms with Crippen LogP contribution in [0.1, 0.15) is 13.3 Å². The Morgan fingerprint density at radius 2 is 1.70 bits per heavy atom. The van der Waals surface area contributed by atoms with E-state index in [0.29, 0.717) is 11.1 Å². The molecule has 2 aromatic carbocycles.